The highest BCUT2D eigenvalue weighted by molar-refractivity contribution is 6.41. The molecule has 0 saturated carbocycles. The maximum atomic E-state index is 13.4. The highest BCUT2D eigenvalue weighted by Gasteiger charge is 2.35. The van der Waals surface area contributed by atoms with E-state index < -0.39 is 23.9 Å². The van der Waals surface area contributed by atoms with E-state index in [1.54, 1.807) is 36.4 Å². The van der Waals surface area contributed by atoms with E-state index in [2.05, 4.69) is 41.5 Å². The highest BCUT2D eigenvalue weighted by atomic mass is 16.6. The van der Waals surface area contributed by atoms with E-state index in [0.29, 0.717) is 66.1 Å². The maximum Gasteiger partial charge on any atom is 0.346 e. The molecule has 2 aliphatic rings. The molecule has 0 amide bonds. The van der Waals surface area contributed by atoms with Gasteiger partial charge in [0.15, 0.2) is 0 Å². The average Bonchev–Trinajstić information content (AvgIpc) is 3.09. The van der Waals surface area contributed by atoms with E-state index in [1.165, 1.54) is 0 Å². The largest absolute Gasteiger partial charge is 0.457 e. The normalized spacial score (nSPS) is 14.4. The van der Waals surface area contributed by atoms with Crippen LogP contribution in [0.2, 0.25) is 0 Å². The van der Waals surface area contributed by atoms with Gasteiger partial charge in [0.2, 0.25) is 0 Å². The summed E-state index contributed by atoms with van der Waals surface area (Å²) in [5.74, 6) is -1.32. The Hall–Kier alpha value is -6.28. The minimum atomic E-state index is -0.783. The molecule has 0 spiro atoms. The van der Waals surface area contributed by atoms with E-state index in [9.17, 15) is 19.2 Å². The van der Waals surface area contributed by atoms with Gasteiger partial charge in [-0.2, -0.15) is 0 Å². The van der Waals surface area contributed by atoms with Gasteiger partial charge in [0.1, 0.15) is 23.0 Å². The third kappa shape index (κ3) is 4.60. The van der Waals surface area contributed by atoms with Gasteiger partial charge < -0.3 is 18.9 Å². The summed E-state index contributed by atoms with van der Waals surface area (Å²) in [7, 11) is 0. The topological polar surface area (TPSA) is 105 Å². The minimum absolute atomic E-state index is 0.0774. The van der Waals surface area contributed by atoms with Crippen LogP contribution in [0.4, 0.5) is 0 Å². The van der Waals surface area contributed by atoms with Crippen LogP contribution in [-0.4, -0.2) is 23.9 Å². The van der Waals surface area contributed by atoms with Crippen LogP contribution in [0.25, 0.3) is 43.1 Å². The van der Waals surface area contributed by atoms with Crippen LogP contribution >= 0.6 is 0 Å². The van der Waals surface area contributed by atoms with Crippen molar-refractivity contribution in [2.45, 2.75) is 52.4 Å². The van der Waals surface area contributed by atoms with Crippen LogP contribution in [0, 0.1) is 0 Å². The smallest absolute Gasteiger partial charge is 0.346 e. The van der Waals surface area contributed by atoms with E-state index in [1.807, 2.05) is 48.5 Å². The molecule has 9 rings (SSSR count). The lowest BCUT2D eigenvalue weighted by molar-refractivity contribution is 0.0373. The molecule has 0 bridgehead atoms. The molecule has 0 fully saturated rings. The molecule has 0 aliphatic carbocycles. The number of esters is 4. The number of carbonyl (C=O) groups is 4. The molecule has 256 valence electrons. The van der Waals surface area contributed by atoms with Gasteiger partial charge in [-0.05, 0) is 81.3 Å². The van der Waals surface area contributed by atoms with Gasteiger partial charge in [-0.15, -0.1) is 0 Å². The molecule has 2 aliphatic heterocycles. The number of carbonyl (C=O) groups excluding carboxylic acids is 4. The van der Waals surface area contributed by atoms with Crippen molar-refractivity contribution in [3.8, 4) is 23.0 Å². The molecule has 0 saturated heterocycles. The van der Waals surface area contributed by atoms with Crippen LogP contribution in [-0.2, 0) is 20.3 Å². The molecule has 0 radical (unpaired) electrons. The summed E-state index contributed by atoms with van der Waals surface area (Å²) in [6.07, 6.45) is 0. The van der Waals surface area contributed by atoms with Crippen molar-refractivity contribution >= 4 is 67.0 Å². The van der Waals surface area contributed by atoms with E-state index in [4.69, 9.17) is 18.9 Å². The number of cyclic esters (lactones) is 4. The third-order valence-corrected chi connectivity index (χ3v) is 10.2. The minimum Gasteiger partial charge on any atom is -0.457 e. The van der Waals surface area contributed by atoms with Crippen LogP contribution < -0.4 is 9.47 Å². The fourth-order valence-corrected chi connectivity index (χ4v) is 7.54. The molecule has 52 heavy (non-hydrogen) atoms. The van der Waals surface area contributed by atoms with Gasteiger partial charge in [0.25, 0.3) is 0 Å². The fourth-order valence-electron chi connectivity index (χ4n) is 7.54. The van der Waals surface area contributed by atoms with E-state index in [0.717, 1.165) is 11.1 Å². The molecule has 8 nitrogen and oxygen atoms in total. The second-order valence-corrected chi connectivity index (χ2v) is 15.5. The molecule has 0 atom stereocenters. The van der Waals surface area contributed by atoms with Crippen LogP contribution in [0.15, 0.2) is 84.9 Å². The zero-order valence-corrected chi connectivity index (χ0v) is 29.3. The molecule has 8 heteroatoms. The Labute approximate surface area is 298 Å². The maximum absolute atomic E-state index is 13.4. The lowest BCUT2D eigenvalue weighted by Crippen LogP contribution is -2.21. The number of rotatable bonds is 4. The first-order chi connectivity index (χ1) is 24.7. The van der Waals surface area contributed by atoms with Crippen molar-refractivity contribution in [2.24, 2.45) is 0 Å². The van der Waals surface area contributed by atoms with Crippen LogP contribution in [0.1, 0.15) is 94.1 Å². The van der Waals surface area contributed by atoms with Crippen LogP contribution in [0.5, 0.6) is 23.0 Å². The third-order valence-electron chi connectivity index (χ3n) is 10.2. The zero-order chi connectivity index (χ0) is 36.4. The summed E-state index contributed by atoms with van der Waals surface area (Å²) in [6, 6.07) is 25.5. The molecule has 7 aromatic rings. The SMILES string of the molecule is CC(C)(C)c1ccc(Oc2cc3c4c(ccc5c6c(Oc7ccc(C(C)(C)C)cc7)cc7c8c(ccc(c2c45)c86)C(=O)OC7=O)C(=O)OC3=O)cc1. The van der Waals surface area contributed by atoms with Crippen LogP contribution in [0.3, 0.4) is 0 Å². The van der Waals surface area contributed by atoms with Gasteiger partial charge in [-0.1, -0.05) is 77.9 Å². The quantitative estimate of drug-likeness (QED) is 0.0779. The Morgan fingerprint density at radius 2 is 0.750 bits per heavy atom. The van der Waals surface area contributed by atoms with Crippen molar-refractivity contribution in [1.29, 1.82) is 0 Å². The summed E-state index contributed by atoms with van der Waals surface area (Å²) < 4.78 is 23.6. The molecular weight excluding hydrogens is 656 g/mol. The van der Waals surface area contributed by atoms with E-state index >= 15 is 0 Å². The summed E-state index contributed by atoms with van der Waals surface area (Å²) in [5, 5.41) is 4.51. The zero-order valence-electron chi connectivity index (χ0n) is 29.3. The van der Waals surface area contributed by atoms with Crippen molar-refractivity contribution in [2.75, 3.05) is 0 Å². The van der Waals surface area contributed by atoms with Gasteiger partial charge in [-0.3, -0.25) is 0 Å². The molecule has 0 aromatic heterocycles. The Kier molecular flexibility index (Phi) is 6.47. The second kappa shape index (κ2) is 10.6. The van der Waals surface area contributed by atoms with Crippen molar-refractivity contribution in [3.63, 3.8) is 0 Å². The summed E-state index contributed by atoms with van der Waals surface area (Å²) in [4.78, 5) is 53.1. The number of fused-ring (bicyclic) bond motifs is 2. The second-order valence-electron chi connectivity index (χ2n) is 15.5. The summed E-state index contributed by atoms with van der Waals surface area (Å²) >= 11 is 0. The fraction of sp³-hybridized carbons (Fsp3) is 0.182. The van der Waals surface area contributed by atoms with Crippen molar-refractivity contribution in [1.82, 2.24) is 0 Å². The molecular formula is C44H32O8. The Bertz CT molecular complexity index is 2550. The molecule has 2 heterocycles. The standard InChI is InChI=1S/C44H32O8/c1-43(2,3)21-7-11-23(12-8-21)49-31-19-29-33-27(39(45)51-41(29)47)18-16-26-36-32(50-24-13-9-22(10-14-24)44(4,5)6)20-30-34-28(40(46)52-42(30)48)17-15-25(38(34)36)35(31)37(26)33/h7-20H,1-6H3. The van der Waals surface area contributed by atoms with Gasteiger partial charge in [-0.25, -0.2) is 19.2 Å². The van der Waals surface area contributed by atoms with Gasteiger partial charge in [0.05, 0.1) is 22.3 Å². The van der Waals surface area contributed by atoms with Crippen molar-refractivity contribution < 1.29 is 38.1 Å². The monoisotopic (exact) mass is 688 g/mol. The number of hydrogen-bond acceptors (Lipinski definition) is 8. The predicted molar refractivity (Wildman–Crippen MR) is 198 cm³/mol. The highest BCUT2D eigenvalue weighted by Crippen LogP contribution is 2.52. The molecule has 0 unspecified atom stereocenters. The summed E-state index contributed by atoms with van der Waals surface area (Å²) in [5.41, 5.74) is 2.93. The first-order valence-corrected chi connectivity index (χ1v) is 17.1. The lowest BCUT2D eigenvalue weighted by atomic mass is 9.82. The first kappa shape index (κ1) is 31.7. The molecule has 7 aromatic carbocycles. The molecule has 0 N–H and O–H groups in total. The lowest BCUT2D eigenvalue weighted by Gasteiger charge is -2.26. The number of hydrogen-bond donors (Lipinski definition) is 0. The van der Waals surface area contributed by atoms with Gasteiger partial charge >= 0.3 is 23.9 Å². The van der Waals surface area contributed by atoms with E-state index in [-0.39, 0.29) is 33.1 Å². The number of ether oxygens (including phenoxy) is 4. The first-order valence-electron chi connectivity index (χ1n) is 17.1. The Morgan fingerprint density at radius 1 is 0.404 bits per heavy atom. The number of benzene rings is 7. The Morgan fingerprint density at radius 3 is 1.10 bits per heavy atom. The average molecular weight is 689 g/mol. The van der Waals surface area contributed by atoms with Crippen molar-refractivity contribution in [3.05, 3.63) is 118 Å². The predicted octanol–water partition coefficient (Wildman–Crippen LogP) is 10.5. The van der Waals surface area contributed by atoms with Gasteiger partial charge in [0, 0.05) is 32.3 Å². The Balaban J connectivity index is 1.40. The summed E-state index contributed by atoms with van der Waals surface area (Å²) in [6.45, 7) is 12.8.